The van der Waals surface area contributed by atoms with Crippen molar-refractivity contribution in [3.8, 4) is 0 Å². The number of aliphatic hydroxyl groups is 1. The van der Waals surface area contributed by atoms with Gasteiger partial charge in [-0.2, -0.15) is 23.5 Å². The molecule has 0 saturated heterocycles. The predicted octanol–water partition coefficient (Wildman–Crippen LogP) is 6.15. The summed E-state index contributed by atoms with van der Waals surface area (Å²) >= 11 is 3.98. The van der Waals surface area contributed by atoms with Gasteiger partial charge in [-0.1, -0.05) is 64.2 Å². The van der Waals surface area contributed by atoms with Gasteiger partial charge in [-0.3, -0.25) is 0 Å². The average molecular weight is 335 g/mol. The Hall–Kier alpha value is 0.660. The summed E-state index contributed by atoms with van der Waals surface area (Å²) in [5.41, 5.74) is 0. The minimum atomic E-state index is 0.352. The molecule has 21 heavy (non-hydrogen) atoms. The first-order valence-electron chi connectivity index (χ1n) is 9.09. The van der Waals surface area contributed by atoms with E-state index in [0.717, 1.165) is 12.2 Å². The summed E-state index contributed by atoms with van der Waals surface area (Å²) in [4.78, 5) is 0. The topological polar surface area (TPSA) is 20.2 Å². The van der Waals surface area contributed by atoms with Gasteiger partial charge in [0, 0.05) is 6.61 Å². The lowest BCUT2D eigenvalue weighted by Crippen LogP contribution is -1.88. The summed E-state index contributed by atoms with van der Waals surface area (Å²) in [6.45, 7) is 0.352. The van der Waals surface area contributed by atoms with Gasteiger partial charge in [0.15, 0.2) is 0 Å². The van der Waals surface area contributed by atoms with Gasteiger partial charge in [0.25, 0.3) is 0 Å². The van der Waals surface area contributed by atoms with Crippen LogP contribution in [0.1, 0.15) is 83.5 Å². The summed E-state index contributed by atoms with van der Waals surface area (Å²) in [6.07, 6.45) is 20.4. The molecule has 0 aromatic heterocycles. The van der Waals surface area contributed by atoms with Crippen LogP contribution in [-0.2, 0) is 0 Å². The number of unbranched alkanes of at least 4 members (excludes halogenated alkanes) is 11. The van der Waals surface area contributed by atoms with Crippen LogP contribution in [0.2, 0.25) is 0 Å². The second-order valence-electron chi connectivity index (χ2n) is 5.92. The molecule has 0 fully saturated rings. The van der Waals surface area contributed by atoms with E-state index in [-0.39, 0.29) is 0 Å². The second kappa shape index (κ2) is 20.7. The first-order valence-corrected chi connectivity index (χ1v) is 11.6. The van der Waals surface area contributed by atoms with Gasteiger partial charge in [-0.15, -0.1) is 0 Å². The fourth-order valence-electron chi connectivity index (χ4n) is 2.49. The zero-order valence-corrected chi connectivity index (χ0v) is 15.9. The Labute approximate surface area is 142 Å². The molecule has 0 aliphatic carbocycles. The minimum Gasteiger partial charge on any atom is -0.396 e. The number of hydrogen-bond donors (Lipinski definition) is 1. The van der Waals surface area contributed by atoms with Crippen molar-refractivity contribution in [2.75, 3.05) is 30.1 Å². The van der Waals surface area contributed by atoms with Crippen LogP contribution in [-0.4, -0.2) is 35.2 Å². The molecule has 0 rings (SSSR count). The van der Waals surface area contributed by atoms with Crippen molar-refractivity contribution in [2.24, 2.45) is 0 Å². The van der Waals surface area contributed by atoms with Crippen LogP contribution in [0.4, 0.5) is 0 Å². The van der Waals surface area contributed by atoms with E-state index in [1.165, 1.54) is 88.6 Å². The normalized spacial score (nSPS) is 11.1. The second-order valence-corrected chi connectivity index (χ2v) is 8.14. The molecule has 0 spiro atoms. The largest absolute Gasteiger partial charge is 0.396 e. The quantitative estimate of drug-likeness (QED) is 0.304. The van der Waals surface area contributed by atoms with Crippen LogP contribution < -0.4 is 0 Å². The molecule has 1 N–H and O–H groups in total. The molecule has 0 atom stereocenters. The maximum Gasteiger partial charge on any atom is 0.0438 e. The van der Waals surface area contributed by atoms with Crippen molar-refractivity contribution in [3.05, 3.63) is 0 Å². The Morgan fingerprint density at radius 2 is 0.905 bits per heavy atom. The molecule has 0 unspecified atom stereocenters. The van der Waals surface area contributed by atoms with Crippen molar-refractivity contribution in [1.82, 2.24) is 0 Å². The Kier molecular flexibility index (Phi) is 21.3. The molecule has 0 radical (unpaired) electrons. The maximum absolute atomic E-state index is 8.68. The Bertz CT molecular complexity index is 159. The molecule has 3 heteroatoms. The van der Waals surface area contributed by atoms with Crippen LogP contribution in [0.3, 0.4) is 0 Å². The molecule has 0 saturated carbocycles. The highest BCUT2D eigenvalue weighted by atomic mass is 32.2. The highest BCUT2D eigenvalue weighted by Crippen LogP contribution is 2.13. The molecule has 0 aliphatic heterocycles. The van der Waals surface area contributed by atoms with Gasteiger partial charge >= 0.3 is 0 Å². The molecule has 0 bridgehead atoms. The first-order chi connectivity index (χ1) is 10.4. The van der Waals surface area contributed by atoms with Crippen LogP contribution >= 0.6 is 23.5 Å². The van der Waals surface area contributed by atoms with E-state index < -0.39 is 0 Å². The van der Waals surface area contributed by atoms with E-state index in [1.54, 1.807) is 0 Å². The molecule has 0 aromatic carbocycles. The lowest BCUT2D eigenvalue weighted by atomic mass is 10.1. The van der Waals surface area contributed by atoms with Crippen molar-refractivity contribution in [3.63, 3.8) is 0 Å². The van der Waals surface area contributed by atoms with Crippen LogP contribution in [0, 0.1) is 0 Å². The van der Waals surface area contributed by atoms with Crippen molar-refractivity contribution >= 4 is 23.5 Å². The Balaban J connectivity index is 2.90. The van der Waals surface area contributed by atoms with E-state index >= 15 is 0 Å². The van der Waals surface area contributed by atoms with Crippen molar-refractivity contribution in [2.45, 2.75) is 83.5 Å². The summed E-state index contributed by atoms with van der Waals surface area (Å²) in [6, 6.07) is 0. The van der Waals surface area contributed by atoms with Gasteiger partial charge in [0.1, 0.15) is 0 Å². The SMILES string of the molecule is CSCCCCCCCCCCCCCCSCCCO. The van der Waals surface area contributed by atoms with E-state index in [1.807, 2.05) is 23.5 Å². The lowest BCUT2D eigenvalue weighted by molar-refractivity contribution is 0.296. The smallest absolute Gasteiger partial charge is 0.0438 e. The number of aliphatic hydroxyl groups excluding tert-OH is 1. The van der Waals surface area contributed by atoms with Crippen LogP contribution in [0.25, 0.3) is 0 Å². The lowest BCUT2D eigenvalue weighted by Gasteiger charge is -2.03. The van der Waals surface area contributed by atoms with Gasteiger partial charge < -0.3 is 5.11 Å². The fraction of sp³-hybridized carbons (Fsp3) is 1.00. The molecule has 0 amide bonds. The van der Waals surface area contributed by atoms with Gasteiger partial charge in [-0.05, 0) is 42.8 Å². The summed E-state index contributed by atoms with van der Waals surface area (Å²) < 4.78 is 0. The highest BCUT2D eigenvalue weighted by Gasteiger charge is 1.94. The third kappa shape index (κ3) is 20.7. The molecular formula is C18H38OS2. The van der Waals surface area contributed by atoms with E-state index in [2.05, 4.69) is 6.26 Å². The fourth-order valence-corrected chi connectivity index (χ4v) is 3.93. The molecular weight excluding hydrogens is 296 g/mol. The number of thioether (sulfide) groups is 2. The maximum atomic E-state index is 8.68. The number of hydrogen-bond acceptors (Lipinski definition) is 3. The molecule has 0 aliphatic rings. The zero-order chi connectivity index (χ0) is 15.4. The van der Waals surface area contributed by atoms with E-state index in [9.17, 15) is 0 Å². The Morgan fingerprint density at radius 1 is 0.524 bits per heavy atom. The minimum absolute atomic E-state index is 0.352. The third-order valence-electron chi connectivity index (χ3n) is 3.83. The molecule has 0 heterocycles. The molecule has 128 valence electrons. The number of rotatable bonds is 18. The third-order valence-corrected chi connectivity index (χ3v) is 5.69. The standard InChI is InChI=1S/C18H38OS2/c1-20-16-12-10-8-6-4-2-3-5-7-9-11-13-17-21-18-14-15-19/h19H,2-18H2,1H3. The average Bonchev–Trinajstić information content (AvgIpc) is 2.50. The van der Waals surface area contributed by atoms with E-state index in [4.69, 9.17) is 5.11 Å². The zero-order valence-electron chi connectivity index (χ0n) is 14.3. The molecule has 1 nitrogen and oxygen atoms in total. The summed E-state index contributed by atoms with van der Waals surface area (Å²) in [5, 5.41) is 8.68. The van der Waals surface area contributed by atoms with Gasteiger partial charge in [0.05, 0.1) is 0 Å². The van der Waals surface area contributed by atoms with E-state index in [0.29, 0.717) is 6.61 Å². The van der Waals surface area contributed by atoms with Gasteiger partial charge in [0.2, 0.25) is 0 Å². The van der Waals surface area contributed by atoms with Crippen LogP contribution in [0.15, 0.2) is 0 Å². The van der Waals surface area contributed by atoms with Crippen molar-refractivity contribution in [1.29, 1.82) is 0 Å². The Morgan fingerprint density at radius 3 is 1.33 bits per heavy atom. The summed E-state index contributed by atoms with van der Waals surface area (Å²) in [7, 11) is 0. The first kappa shape index (κ1) is 21.7. The van der Waals surface area contributed by atoms with Crippen LogP contribution in [0.5, 0.6) is 0 Å². The van der Waals surface area contributed by atoms with Gasteiger partial charge in [-0.25, -0.2) is 0 Å². The summed E-state index contributed by atoms with van der Waals surface area (Å²) in [5.74, 6) is 3.77. The monoisotopic (exact) mass is 334 g/mol. The van der Waals surface area contributed by atoms with Crippen molar-refractivity contribution < 1.29 is 5.11 Å². The highest BCUT2D eigenvalue weighted by molar-refractivity contribution is 7.99. The predicted molar refractivity (Wildman–Crippen MR) is 103 cm³/mol. The molecule has 0 aromatic rings.